The Bertz CT molecular complexity index is 1740. The van der Waals surface area contributed by atoms with Crippen molar-refractivity contribution in [2.75, 3.05) is 103 Å². The zero-order valence-electron chi connectivity index (χ0n) is 29.8. The minimum Gasteiger partial charge on any atom is -0.480 e. The SMILES string of the molecule is O=C(O)CNC(=O)CN1CCN(CC(=O)NCC(=O)O)CCN(CC(=O)Nc2c3ccccc3cc3ccccc23)CCN(CC(=O)NCC(=O)O)CC1. The van der Waals surface area contributed by atoms with Crippen LogP contribution < -0.4 is 21.3 Å². The standard InChI is InChI=1S/C36H46N8O10/c45-29(37-18-33(49)50)21-41-9-11-42(22-30(46)38-19-34(51)52)13-15-44(16-14-43(12-10-41)23-31(47)39-20-35(53)54)24-32(48)40-36-27-7-3-1-5-25(27)17-26-6-2-4-8-28(26)36/h1-8,17H,9-16,18-24H2,(H,37,45)(H,38,46)(H,39,47)(H,40,48)(H,49,50)(H,51,52)(H,53,54). The molecule has 4 amide bonds. The fourth-order valence-corrected chi connectivity index (χ4v) is 6.04. The van der Waals surface area contributed by atoms with Crippen molar-refractivity contribution < 1.29 is 48.9 Å². The van der Waals surface area contributed by atoms with Gasteiger partial charge in [0, 0.05) is 63.1 Å². The van der Waals surface area contributed by atoms with Crippen LogP contribution in [0.15, 0.2) is 54.6 Å². The first-order valence-electron chi connectivity index (χ1n) is 17.4. The van der Waals surface area contributed by atoms with Crippen molar-refractivity contribution >= 4 is 68.8 Å². The molecule has 3 aromatic rings. The summed E-state index contributed by atoms with van der Waals surface area (Å²) < 4.78 is 0. The van der Waals surface area contributed by atoms with Crippen molar-refractivity contribution in [2.24, 2.45) is 0 Å². The molecule has 4 rings (SSSR count). The molecule has 54 heavy (non-hydrogen) atoms. The highest BCUT2D eigenvalue weighted by Crippen LogP contribution is 2.32. The quantitative estimate of drug-likeness (QED) is 0.0900. The molecule has 1 aliphatic heterocycles. The molecule has 18 nitrogen and oxygen atoms in total. The summed E-state index contributed by atoms with van der Waals surface area (Å²) in [7, 11) is 0. The van der Waals surface area contributed by atoms with Gasteiger partial charge in [-0.15, -0.1) is 0 Å². The van der Waals surface area contributed by atoms with Gasteiger partial charge in [0.2, 0.25) is 23.6 Å². The zero-order chi connectivity index (χ0) is 39.0. The summed E-state index contributed by atoms with van der Waals surface area (Å²) in [5.41, 5.74) is 0.670. The van der Waals surface area contributed by atoms with E-state index in [1.807, 2.05) is 53.4 Å². The van der Waals surface area contributed by atoms with Crippen molar-refractivity contribution in [2.45, 2.75) is 0 Å². The maximum absolute atomic E-state index is 13.8. The van der Waals surface area contributed by atoms with E-state index < -0.39 is 55.3 Å². The third kappa shape index (κ3) is 13.7. The molecule has 0 bridgehead atoms. The first-order chi connectivity index (χ1) is 25.9. The Morgan fingerprint density at radius 1 is 0.463 bits per heavy atom. The van der Waals surface area contributed by atoms with E-state index in [1.54, 1.807) is 14.7 Å². The Labute approximate surface area is 311 Å². The predicted octanol–water partition coefficient (Wildman–Crippen LogP) is -1.24. The fourth-order valence-electron chi connectivity index (χ4n) is 6.04. The fraction of sp³-hybridized carbons (Fsp3) is 0.417. The number of nitrogens with one attached hydrogen (secondary N) is 4. The third-order valence-electron chi connectivity index (χ3n) is 8.74. The molecule has 290 valence electrons. The van der Waals surface area contributed by atoms with Gasteiger partial charge < -0.3 is 36.6 Å². The highest BCUT2D eigenvalue weighted by Gasteiger charge is 2.23. The number of benzene rings is 3. The molecule has 0 aromatic heterocycles. The highest BCUT2D eigenvalue weighted by molar-refractivity contribution is 6.15. The van der Waals surface area contributed by atoms with Gasteiger partial charge in [-0.25, -0.2) is 0 Å². The molecule has 1 saturated heterocycles. The number of hydrogen-bond donors (Lipinski definition) is 7. The van der Waals surface area contributed by atoms with Crippen LogP contribution in [-0.4, -0.2) is 175 Å². The number of rotatable bonds is 15. The van der Waals surface area contributed by atoms with Gasteiger partial charge in [0.1, 0.15) is 19.6 Å². The number of nitrogens with zero attached hydrogens (tertiary/aromatic N) is 4. The molecule has 18 heteroatoms. The zero-order valence-corrected chi connectivity index (χ0v) is 29.8. The topological polar surface area (TPSA) is 241 Å². The van der Waals surface area contributed by atoms with Gasteiger partial charge in [-0.05, 0) is 16.8 Å². The molecule has 0 radical (unpaired) electrons. The van der Waals surface area contributed by atoms with Gasteiger partial charge >= 0.3 is 17.9 Å². The number of carboxylic acids is 3. The Morgan fingerprint density at radius 2 is 0.759 bits per heavy atom. The molecule has 0 saturated carbocycles. The monoisotopic (exact) mass is 750 g/mol. The minimum absolute atomic E-state index is 0.0501. The first kappa shape index (κ1) is 41.1. The number of fused-ring (bicyclic) bond motifs is 2. The summed E-state index contributed by atoms with van der Waals surface area (Å²) in [4.78, 5) is 92.1. The van der Waals surface area contributed by atoms with Crippen LogP contribution in [0.1, 0.15) is 0 Å². The van der Waals surface area contributed by atoms with Crippen LogP contribution in [0.25, 0.3) is 21.5 Å². The number of hydrogen-bond acceptors (Lipinski definition) is 11. The van der Waals surface area contributed by atoms with Crippen molar-refractivity contribution in [3.63, 3.8) is 0 Å². The number of carboxylic acid groups (broad SMARTS) is 3. The summed E-state index contributed by atoms with van der Waals surface area (Å²) in [5, 5.41) is 40.9. The van der Waals surface area contributed by atoms with E-state index in [2.05, 4.69) is 27.3 Å². The molecule has 0 atom stereocenters. The van der Waals surface area contributed by atoms with E-state index in [9.17, 15) is 33.6 Å². The smallest absolute Gasteiger partial charge is 0.322 e. The van der Waals surface area contributed by atoms with E-state index >= 15 is 0 Å². The van der Waals surface area contributed by atoms with E-state index in [4.69, 9.17) is 15.3 Å². The highest BCUT2D eigenvalue weighted by atomic mass is 16.4. The van der Waals surface area contributed by atoms with E-state index in [-0.39, 0.29) is 84.4 Å². The van der Waals surface area contributed by atoms with Crippen LogP contribution in [0.3, 0.4) is 0 Å². The summed E-state index contributed by atoms with van der Waals surface area (Å²) in [5.74, 6) is -5.50. The molecule has 0 spiro atoms. The normalized spacial score (nSPS) is 15.4. The summed E-state index contributed by atoms with van der Waals surface area (Å²) in [6, 6.07) is 17.5. The second-order valence-electron chi connectivity index (χ2n) is 12.9. The molecule has 7 N–H and O–H groups in total. The van der Waals surface area contributed by atoms with Crippen LogP contribution in [-0.2, 0) is 33.6 Å². The molecule has 1 aliphatic rings. The maximum Gasteiger partial charge on any atom is 0.322 e. The van der Waals surface area contributed by atoms with Gasteiger partial charge in [-0.3, -0.25) is 53.2 Å². The predicted molar refractivity (Wildman–Crippen MR) is 198 cm³/mol. The molecule has 1 heterocycles. The number of amides is 4. The van der Waals surface area contributed by atoms with Gasteiger partial charge in [-0.2, -0.15) is 0 Å². The lowest BCUT2D eigenvalue weighted by Gasteiger charge is -2.33. The number of carbonyl (C=O) groups excluding carboxylic acids is 4. The van der Waals surface area contributed by atoms with E-state index in [1.165, 1.54) is 0 Å². The number of aliphatic carboxylic acids is 3. The van der Waals surface area contributed by atoms with Crippen LogP contribution in [0.2, 0.25) is 0 Å². The minimum atomic E-state index is -1.21. The maximum atomic E-state index is 13.8. The van der Waals surface area contributed by atoms with E-state index in [0.717, 1.165) is 21.5 Å². The van der Waals surface area contributed by atoms with Gasteiger partial charge in [0.05, 0.1) is 31.9 Å². The lowest BCUT2D eigenvalue weighted by molar-refractivity contribution is -0.138. The summed E-state index contributed by atoms with van der Waals surface area (Å²) in [6.45, 7) is -0.184. The van der Waals surface area contributed by atoms with Crippen LogP contribution in [0, 0.1) is 0 Å². The second kappa shape index (κ2) is 20.5. The van der Waals surface area contributed by atoms with Crippen molar-refractivity contribution in [1.29, 1.82) is 0 Å². The average Bonchev–Trinajstić information content (AvgIpc) is 3.13. The number of carbonyl (C=O) groups is 7. The van der Waals surface area contributed by atoms with Crippen LogP contribution in [0.5, 0.6) is 0 Å². The van der Waals surface area contributed by atoms with Gasteiger partial charge in [-0.1, -0.05) is 48.5 Å². The Morgan fingerprint density at radius 3 is 1.07 bits per heavy atom. The second-order valence-corrected chi connectivity index (χ2v) is 12.9. The molecular weight excluding hydrogens is 704 g/mol. The molecular formula is C36H46N8O10. The summed E-state index contributed by atoms with van der Waals surface area (Å²) >= 11 is 0. The molecule has 0 unspecified atom stereocenters. The number of anilines is 1. The van der Waals surface area contributed by atoms with Crippen molar-refractivity contribution in [1.82, 2.24) is 35.6 Å². The first-order valence-corrected chi connectivity index (χ1v) is 17.4. The van der Waals surface area contributed by atoms with Crippen LogP contribution in [0.4, 0.5) is 5.69 Å². The van der Waals surface area contributed by atoms with Gasteiger partial charge in [0.15, 0.2) is 0 Å². The third-order valence-corrected chi connectivity index (χ3v) is 8.74. The molecule has 1 fully saturated rings. The van der Waals surface area contributed by atoms with E-state index in [0.29, 0.717) is 5.69 Å². The molecule has 3 aromatic carbocycles. The molecule has 0 aliphatic carbocycles. The van der Waals surface area contributed by atoms with Crippen molar-refractivity contribution in [3.05, 3.63) is 54.6 Å². The largest absolute Gasteiger partial charge is 0.480 e. The lowest BCUT2D eigenvalue weighted by Crippen LogP contribution is -2.51. The average molecular weight is 751 g/mol. The Hall–Kier alpha value is -5.69. The Balaban J connectivity index is 1.56. The lowest BCUT2D eigenvalue weighted by atomic mass is 10.0. The Kier molecular flexibility index (Phi) is 15.6. The van der Waals surface area contributed by atoms with Crippen LogP contribution >= 0.6 is 0 Å². The van der Waals surface area contributed by atoms with Crippen molar-refractivity contribution in [3.8, 4) is 0 Å². The summed E-state index contributed by atoms with van der Waals surface area (Å²) in [6.07, 6.45) is 0. The van der Waals surface area contributed by atoms with Gasteiger partial charge in [0.25, 0.3) is 0 Å².